The van der Waals surface area contributed by atoms with Crippen LogP contribution < -0.4 is 20.1 Å². The Morgan fingerprint density at radius 1 is 0.714 bits per heavy atom. The molecule has 5 nitrogen and oxygen atoms in total. The van der Waals surface area contributed by atoms with Gasteiger partial charge in [0, 0.05) is 18.4 Å². The van der Waals surface area contributed by atoms with Crippen LogP contribution in [0.3, 0.4) is 0 Å². The molecule has 0 radical (unpaired) electrons. The van der Waals surface area contributed by atoms with Crippen LogP contribution in [0.2, 0.25) is 0 Å². The number of ether oxygens (including phenoxy) is 2. The zero-order valence-electron chi connectivity index (χ0n) is 23.7. The molecular formula is C34H39F3N2O3. The van der Waals surface area contributed by atoms with Crippen molar-refractivity contribution in [3.63, 3.8) is 0 Å². The van der Waals surface area contributed by atoms with Crippen LogP contribution in [0.25, 0.3) is 10.8 Å². The van der Waals surface area contributed by atoms with Gasteiger partial charge in [0.1, 0.15) is 30.3 Å². The van der Waals surface area contributed by atoms with Crippen molar-refractivity contribution in [1.29, 1.82) is 0 Å². The van der Waals surface area contributed by atoms with Crippen LogP contribution in [0, 0.1) is 0 Å². The summed E-state index contributed by atoms with van der Waals surface area (Å²) < 4.78 is 50.6. The van der Waals surface area contributed by atoms with E-state index >= 15 is 0 Å². The second-order valence-electron chi connectivity index (χ2n) is 10.3. The lowest BCUT2D eigenvalue weighted by molar-refractivity contribution is -0.137. The number of unbranched alkanes of at least 4 members (excludes halogenated alkanes) is 2. The third kappa shape index (κ3) is 10.0. The minimum Gasteiger partial charge on any atom is -0.490 e. The third-order valence-electron chi connectivity index (χ3n) is 6.98. The Morgan fingerprint density at radius 3 is 2.17 bits per heavy atom. The van der Waals surface area contributed by atoms with E-state index in [1.165, 1.54) is 12.1 Å². The average Bonchev–Trinajstić information content (AvgIpc) is 3.00. The van der Waals surface area contributed by atoms with Gasteiger partial charge in [-0.15, -0.1) is 0 Å². The average molecular weight is 581 g/mol. The number of hydrogen-bond acceptors (Lipinski definition) is 5. The third-order valence-corrected chi connectivity index (χ3v) is 6.98. The van der Waals surface area contributed by atoms with E-state index in [1.807, 2.05) is 72.8 Å². The molecule has 0 aliphatic rings. The normalized spacial score (nSPS) is 13.1. The topological polar surface area (TPSA) is 62.8 Å². The van der Waals surface area contributed by atoms with Crippen molar-refractivity contribution in [2.45, 2.75) is 44.1 Å². The molecule has 0 aromatic heterocycles. The van der Waals surface area contributed by atoms with E-state index in [9.17, 15) is 18.3 Å². The smallest absolute Gasteiger partial charge is 0.416 e. The van der Waals surface area contributed by atoms with Gasteiger partial charge in [-0.25, -0.2) is 0 Å². The standard InChI is InChI=1S/C34H39F3N2O3/c35-34(36,37)28-16-18-30(19-17-28)42-32(27-11-3-1-4-12-27)20-23-38-21-7-2-8-22-39-24-29(40)25-41-33-15-9-13-26-10-5-6-14-31(26)33/h1,3-6,9-19,29,32,38-40H,2,7-8,20-25H2. The van der Waals surface area contributed by atoms with E-state index in [0.29, 0.717) is 18.7 Å². The molecule has 3 N–H and O–H groups in total. The molecule has 224 valence electrons. The molecule has 0 saturated heterocycles. The Balaban J connectivity index is 1.08. The summed E-state index contributed by atoms with van der Waals surface area (Å²) in [4.78, 5) is 0. The quantitative estimate of drug-likeness (QED) is 0.116. The van der Waals surface area contributed by atoms with Gasteiger partial charge in [-0.3, -0.25) is 0 Å². The van der Waals surface area contributed by atoms with Gasteiger partial charge in [-0.1, -0.05) is 73.2 Å². The van der Waals surface area contributed by atoms with Crippen LogP contribution in [0.4, 0.5) is 13.2 Å². The van der Waals surface area contributed by atoms with Crippen molar-refractivity contribution in [3.05, 3.63) is 108 Å². The summed E-state index contributed by atoms with van der Waals surface area (Å²) in [5.41, 5.74) is 0.292. The van der Waals surface area contributed by atoms with Crippen LogP contribution in [-0.4, -0.2) is 44.0 Å². The predicted molar refractivity (Wildman–Crippen MR) is 161 cm³/mol. The number of alkyl halides is 3. The maximum absolute atomic E-state index is 12.9. The number of fused-ring (bicyclic) bond motifs is 1. The van der Waals surface area contributed by atoms with Crippen molar-refractivity contribution in [2.75, 3.05) is 32.8 Å². The SMILES string of the molecule is OC(CNCCCCCNCCC(Oc1ccc(C(F)(F)F)cc1)c1ccccc1)COc1cccc2ccccc12. The summed E-state index contributed by atoms with van der Waals surface area (Å²) in [6.45, 7) is 3.12. The lowest BCUT2D eigenvalue weighted by Crippen LogP contribution is -2.32. The van der Waals surface area contributed by atoms with Crippen LogP contribution in [0.15, 0.2) is 97.1 Å². The van der Waals surface area contributed by atoms with Crippen molar-refractivity contribution in [1.82, 2.24) is 10.6 Å². The molecule has 0 saturated carbocycles. The maximum Gasteiger partial charge on any atom is 0.416 e. The zero-order chi connectivity index (χ0) is 29.6. The highest BCUT2D eigenvalue weighted by molar-refractivity contribution is 5.88. The Morgan fingerprint density at radius 2 is 1.40 bits per heavy atom. The largest absolute Gasteiger partial charge is 0.490 e. The summed E-state index contributed by atoms with van der Waals surface area (Å²) in [6.07, 6.45) is -1.47. The van der Waals surface area contributed by atoms with E-state index in [4.69, 9.17) is 9.47 Å². The van der Waals surface area contributed by atoms with Crippen LogP contribution in [0.1, 0.15) is 42.9 Å². The van der Waals surface area contributed by atoms with Gasteiger partial charge in [0.15, 0.2) is 0 Å². The van der Waals surface area contributed by atoms with Gasteiger partial charge in [-0.05, 0) is 73.8 Å². The van der Waals surface area contributed by atoms with Crippen molar-refractivity contribution >= 4 is 10.8 Å². The fourth-order valence-electron chi connectivity index (χ4n) is 4.72. The second kappa shape index (κ2) is 16.2. The number of halogens is 3. The number of aliphatic hydroxyl groups is 1. The molecule has 4 rings (SSSR count). The van der Waals surface area contributed by atoms with Gasteiger partial charge in [0.05, 0.1) is 5.56 Å². The molecule has 4 aromatic rings. The number of nitrogens with one attached hydrogen (secondary N) is 2. The Bertz CT molecular complexity index is 1330. The molecular weight excluding hydrogens is 541 g/mol. The lowest BCUT2D eigenvalue weighted by atomic mass is 10.1. The highest BCUT2D eigenvalue weighted by Gasteiger charge is 2.30. The molecule has 2 unspecified atom stereocenters. The Labute approximate surface area is 245 Å². The number of benzene rings is 4. The van der Waals surface area contributed by atoms with Gasteiger partial charge in [-0.2, -0.15) is 13.2 Å². The van der Waals surface area contributed by atoms with E-state index < -0.39 is 17.8 Å². The molecule has 0 amide bonds. The highest BCUT2D eigenvalue weighted by atomic mass is 19.4. The van der Waals surface area contributed by atoms with Crippen LogP contribution in [-0.2, 0) is 6.18 Å². The molecule has 4 aromatic carbocycles. The number of aliphatic hydroxyl groups excluding tert-OH is 1. The first-order valence-corrected chi connectivity index (χ1v) is 14.5. The minimum absolute atomic E-state index is 0.234. The monoisotopic (exact) mass is 580 g/mol. The summed E-state index contributed by atoms with van der Waals surface area (Å²) in [5.74, 6) is 1.19. The van der Waals surface area contributed by atoms with E-state index in [0.717, 1.165) is 73.1 Å². The molecule has 0 bridgehead atoms. The van der Waals surface area contributed by atoms with E-state index in [-0.39, 0.29) is 12.7 Å². The van der Waals surface area contributed by atoms with Crippen molar-refractivity contribution in [3.8, 4) is 11.5 Å². The molecule has 0 aliphatic carbocycles. The highest BCUT2D eigenvalue weighted by Crippen LogP contribution is 2.32. The molecule has 42 heavy (non-hydrogen) atoms. The zero-order valence-corrected chi connectivity index (χ0v) is 23.7. The molecule has 0 fully saturated rings. The summed E-state index contributed by atoms with van der Waals surface area (Å²) in [7, 11) is 0. The van der Waals surface area contributed by atoms with E-state index in [2.05, 4.69) is 10.6 Å². The van der Waals surface area contributed by atoms with Gasteiger partial charge in [0.25, 0.3) is 0 Å². The fourth-order valence-corrected chi connectivity index (χ4v) is 4.72. The Hall–Kier alpha value is -3.59. The number of hydrogen-bond donors (Lipinski definition) is 3. The molecule has 0 aliphatic heterocycles. The number of rotatable bonds is 17. The first-order chi connectivity index (χ1) is 20.4. The predicted octanol–water partition coefficient (Wildman–Crippen LogP) is 7.16. The summed E-state index contributed by atoms with van der Waals surface area (Å²) >= 11 is 0. The second-order valence-corrected chi connectivity index (χ2v) is 10.3. The van der Waals surface area contributed by atoms with Crippen molar-refractivity contribution in [2.24, 2.45) is 0 Å². The minimum atomic E-state index is -4.37. The summed E-state index contributed by atoms with van der Waals surface area (Å²) in [5, 5.41) is 19.2. The molecule has 0 heterocycles. The van der Waals surface area contributed by atoms with Crippen LogP contribution in [0.5, 0.6) is 11.5 Å². The van der Waals surface area contributed by atoms with Crippen molar-refractivity contribution < 1.29 is 27.8 Å². The van der Waals surface area contributed by atoms with Gasteiger partial charge >= 0.3 is 6.18 Å². The first kappa shape index (κ1) is 31.3. The molecule has 8 heteroatoms. The first-order valence-electron chi connectivity index (χ1n) is 14.5. The Kier molecular flexibility index (Phi) is 12.1. The van der Waals surface area contributed by atoms with Gasteiger partial charge < -0.3 is 25.2 Å². The fraction of sp³-hybridized carbons (Fsp3) is 0.353. The molecule has 0 spiro atoms. The van der Waals surface area contributed by atoms with E-state index in [1.54, 1.807) is 0 Å². The summed E-state index contributed by atoms with van der Waals surface area (Å²) in [6, 6.07) is 28.5. The van der Waals surface area contributed by atoms with Gasteiger partial charge in [0.2, 0.25) is 0 Å². The molecule has 2 atom stereocenters. The lowest BCUT2D eigenvalue weighted by Gasteiger charge is -2.20. The van der Waals surface area contributed by atoms with Crippen LogP contribution >= 0.6 is 0 Å². The maximum atomic E-state index is 12.9.